The number of urea groups is 1. The number of hydrogen-bond acceptors (Lipinski definition) is 5. The zero-order valence-corrected chi connectivity index (χ0v) is 14.5. The van der Waals surface area contributed by atoms with Gasteiger partial charge in [-0.05, 0) is 32.0 Å². The summed E-state index contributed by atoms with van der Waals surface area (Å²) in [6.07, 6.45) is 3.30. The van der Waals surface area contributed by atoms with Crippen molar-refractivity contribution in [1.29, 1.82) is 0 Å². The molecule has 0 unspecified atom stereocenters. The summed E-state index contributed by atoms with van der Waals surface area (Å²) in [4.78, 5) is 16.5. The van der Waals surface area contributed by atoms with Crippen molar-refractivity contribution in [3.8, 4) is 0 Å². The molecule has 24 heavy (non-hydrogen) atoms. The largest absolute Gasteiger partial charge is 0.383 e. The van der Waals surface area contributed by atoms with E-state index in [0.29, 0.717) is 11.3 Å². The Morgan fingerprint density at radius 3 is 2.96 bits per heavy atom. The number of rotatable bonds is 4. The number of aliphatic hydroxyl groups is 1. The van der Waals surface area contributed by atoms with Crippen molar-refractivity contribution in [3.63, 3.8) is 0 Å². The van der Waals surface area contributed by atoms with Gasteiger partial charge in [-0.2, -0.15) is 5.10 Å². The fourth-order valence-electron chi connectivity index (χ4n) is 2.35. The van der Waals surface area contributed by atoms with Crippen molar-refractivity contribution < 1.29 is 9.90 Å². The fourth-order valence-corrected chi connectivity index (χ4v) is 3.21. The maximum absolute atomic E-state index is 12.1. The van der Waals surface area contributed by atoms with Gasteiger partial charge in [0.1, 0.15) is 5.60 Å². The molecule has 0 aliphatic heterocycles. The van der Waals surface area contributed by atoms with Crippen molar-refractivity contribution in [2.45, 2.75) is 19.4 Å². The number of thiazole rings is 1. The van der Waals surface area contributed by atoms with Crippen LogP contribution in [-0.4, -0.2) is 32.4 Å². The van der Waals surface area contributed by atoms with E-state index in [0.717, 1.165) is 15.2 Å². The lowest BCUT2D eigenvalue weighted by atomic mass is 10.00. The Morgan fingerprint density at radius 2 is 2.25 bits per heavy atom. The van der Waals surface area contributed by atoms with E-state index in [4.69, 9.17) is 0 Å². The molecular formula is C16H19N5O2S. The molecule has 1 aromatic carbocycles. The molecule has 3 rings (SSSR count). The smallest absolute Gasteiger partial charge is 0.319 e. The van der Waals surface area contributed by atoms with E-state index in [1.165, 1.54) is 0 Å². The summed E-state index contributed by atoms with van der Waals surface area (Å²) in [6, 6.07) is 5.19. The standard InChI is InChI=1S/C16H19N5O2S/c1-10-19-13-5-4-12(6-14(13)24-10)20-15(22)17-9-16(2,23)11-7-18-21(3)8-11/h4-8,23H,9H2,1-3H3,(H2,17,20,22)/t16-/m1/s1. The minimum Gasteiger partial charge on any atom is -0.383 e. The van der Waals surface area contributed by atoms with E-state index in [2.05, 4.69) is 20.7 Å². The van der Waals surface area contributed by atoms with Crippen LogP contribution in [0.5, 0.6) is 0 Å². The van der Waals surface area contributed by atoms with Gasteiger partial charge in [-0.3, -0.25) is 4.68 Å². The first-order valence-electron chi connectivity index (χ1n) is 7.47. The highest BCUT2D eigenvalue weighted by Crippen LogP contribution is 2.24. The second-order valence-corrected chi connectivity index (χ2v) is 7.13. The Bertz CT molecular complexity index is 884. The lowest BCUT2D eigenvalue weighted by Gasteiger charge is -2.22. The number of nitrogens with zero attached hydrogens (tertiary/aromatic N) is 3. The third kappa shape index (κ3) is 3.55. The maximum Gasteiger partial charge on any atom is 0.319 e. The van der Waals surface area contributed by atoms with Crippen LogP contribution < -0.4 is 10.6 Å². The molecular weight excluding hydrogens is 326 g/mol. The Labute approximate surface area is 143 Å². The molecule has 8 heteroatoms. The van der Waals surface area contributed by atoms with Gasteiger partial charge in [0.15, 0.2) is 0 Å². The average molecular weight is 345 g/mol. The Balaban J connectivity index is 1.62. The SMILES string of the molecule is Cc1nc2ccc(NC(=O)NC[C@@](C)(O)c3cnn(C)c3)cc2s1. The summed E-state index contributed by atoms with van der Waals surface area (Å²) in [5.74, 6) is 0. The van der Waals surface area contributed by atoms with E-state index in [1.807, 2.05) is 19.1 Å². The van der Waals surface area contributed by atoms with E-state index in [1.54, 1.807) is 48.5 Å². The van der Waals surface area contributed by atoms with Crippen LogP contribution in [0.1, 0.15) is 17.5 Å². The van der Waals surface area contributed by atoms with Crippen LogP contribution in [0.4, 0.5) is 10.5 Å². The molecule has 3 N–H and O–H groups in total. The van der Waals surface area contributed by atoms with Crippen molar-refractivity contribution in [3.05, 3.63) is 41.2 Å². The molecule has 2 heterocycles. The molecule has 2 aromatic heterocycles. The first kappa shape index (κ1) is 16.4. The van der Waals surface area contributed by atoms with Crippen LogP contribution in [0.3, 0.4) is 0 Å². The predicted octanol–water partition coefficient (Wildman–Crippen LogP) is 2.37. The lowest BCUT2D eigenvalue weighted by molar-refractivity contribution is 0.0599. The first-order chi connectivity index (χ1) is 11.3. The van der Waals surface area contributed by atoms with Crippen LogP contribution in [0.15, 0.2) is 30.6 Å². The van der Waals surface area contributed by atoms with Crippen LogP contribution in [0.2, 0.25) is 0 Å². The number of anilines is 1. The molecule has 0 saturated heterocycles. The summed E-state index contributed by atoms with van der Waals surface area (Å²) in [7, 11) is 1.77. The number of hydrogen-bond donors (Lipinski definition) is 3. The first-order valence-corrected chi connectivity index (χ1v) is 8.29. The predicted molar refractivity (Wildman–Crippen MR) is 94.2 cm³/mol. The third-order valence-corrected chi connectivity index (χ3v) is 4.61. The summed E-state index contributed by atoms with van der Waals surface area (Å²) in [5, 5.41) is 20.9. The lowest BCUT2D eigenvalue weighted by Crippen LogP contribution is -2.40. The van der Waals surface area contributed by atoms with E-state index in [9.17, 15) is 9.90 Å². The van der Waals surface area contributed by atoms with Gasteiger partial charge < -0.3 is 15.7 Å². The number of amides is 2. The van der Waals surface area contributed by atoms with Gasteiger partial charge in [0.05, 0.1) is 28.0 Å². The van der Waals surface area contributed by atoms with Gasteiger partial charge in [0.2, 0.25) is 0 Å². The normalized spacial score (nSPS) is 13.7. The Hall–Kier alpha value is -2.45. The van der Waals surface area contributed by atoms with E-state index in [-0.39, 0.29) is 12.6 Å². The zero-order chi connectivity index (χ0) is 17.3. The molecule has 126 valence electrons. The summed E-state index contributed by atoms with van der Waals surface area (Å²) in [5.41, 5.74) is 1.06. The topological polar surface area (TPSA) is 92.1 Å². The van der Waals surface area contributed by atoms with Gasteiger partial charge >= 0.3 is 6.03 Å². The third-order valence-electron chi connectivity index (χ3n) is 3.67. The van der Waals surface area contributed by atoms with E-state index < -0.39 is 5.60 Å². The molecule has 0 fully saturated rings. The van der Waals surface area contributed by atoms with Gasteiger partial charge in [-0.1, -0.05) is 0 Å². The molecule has 0 aliphatic carbocycles. The molecule has 2 amide bonds. The number of fused-ring (bicyclic) bond motifs is 1. The van der Waals surface area contributed by atoms with Crippen LogP contribution in [0.25, 0.3) is 10.2 Å². The molecule has 1 atom stereocenters. The zero-order valence-electron chi connectivity index (χ0n) is 13.7. The van der Waals surface area contributed by atoms with Crippen molar-refractivity contribution in [2.75, 3.05) is 11.9 Å². The molecule has 0 spiro atoms. The highest BCUT2D eigenvalue weighted by Gasteiger charge is 2.25. The number of aryl methyl sites for hydroxylation is 2. The highest BCUT2D eigenvalue weighted by atomic mass is 32.1. The quantitative estimate of drug-likeness (QED) is 0.677. The number of aromatic nitrogens is 3. The monoisotopic (exact) mass is 345 g/mol. The minimum atomic E-state index is -1.19. The van der Waals surface area contributed by atoms with E-state index >= 15 is 0 Å². The highest BCUT2D eigenvalue weighted by molar-refractivity contribution is 7.18. The number of carbonyl (C=O) groups excluding carboxylic acids is 1. The van der Waals surface area contributed by atoms with Gasteiger partial charge in [0, 0.05) is 24.5 Å². The molecule has 7 nitrogen and oxygen atoms in total. The van der Waals surface area contributed by atoms with Crippen LogP contribution in [-0.2, 0) is 12.6 Å². The summed E-state index contributed by atoms with van der Waals surface area (Å²) in [6.45, 7) is 3.66. The van der Waals surface area contributed by atoms with Gasteiger partial charge in [0.25, 0.3) is 0 Å². The minimum absolute atomic E-state index is 0.0758. The molecule has 0 saturated carbocycles. The number of benzene rings is 1. The fraction of sp³-hybridized carbons (Fsp3) is 0.312. The van der Waals surface area contributed by atoms with Crippen molar-refractivity contribution >= 4 is 33.3 Å². The average Bonchev–Trinajstić information content (AvgIpc) is 3.10. The van der Waals surface area contributed by atoms with Crippen molar-refractivity contribution in [2.24, 2.45) is 7.05 Å². The second-order valence-electron chi connectivity index (χ2n) is 5.90. The Kier molecular flexibility index (Phi) is 4.25. The van der Waals surface area contributed by atoms with Gasteiger partial charge in [-0.15, -0.1) is 11.3 Å². The van der Waals surface area contributed by atoms with Gasteiger partial charge in [-0.25, -0.2) is 9.78 Å². The number of carbonyl (C=O) groups is 1. The molecule has 0 aliphatic rings. The second kappa shape index (κ2) is 6.21. The van der Waals surface area contributed by atoms with Crippen molar-refractivity contribution in [1.82, 2.24) is 20.1 Å². The maximum atomic E-state index is 12.1. The summed E-state index contributed by atoms with van der Waals surface area (Å²) >= 11 is 1.58. The molecule has 0 radical (unpaired) electrons. The van der Waals surface area contributed by atoms with Crippen LogP contribution >= 0.6 is 11.3 Å². The number of nitrogens with one attached hydrogen (secondary N) is 2. The molecule has 3 aromatic rings. The molecule has 0 bridgehead atoms. The van der Waals surface area contributed by atoms with Crippen LogP contribution in [0, 0.1) is 6.92 Å². The Morgan fingerprint density at radius 1 is 1.46 bits per heavy atom. The summed E-state index contributed by atoms with van der Waals surface area (Å²) < 4.78 is 2.63.